The summed E-state index contributed by atoms with van der Waals surface area (Å²) in [5.74, 6) is 5.62. The van der Waals surface area contributed by atoms with Crippen LogP contribution in [0.3, 0.4) is 0 Å². The summed E-state index contributed by atoms with van der Waals surface area (Å²) in [7, 11) is -4.07. The number of rotatable bonds is 9. The van der Waals surface area contributed by atoms with E-state index in [4.69, 9.17) is 13.6 Å². The summed E-state index contributed by atoms with van der Waals surface area (Å²) in [6.45, 7) is 22.4. The molecule has 0 aliphatic rings. The quantitative estimate of drug-likeness (QED) is 0.291. The third-order valence-electron chi connectivity index (χ3n) is 6.52. The molecule has 31 heavy (non-hydrogen) atoms. The molecular formula is C25H43FO3Si2. The summed E-state index contributed by atoms with van der Waals surface area (Å²) in [6, 6.07) is 9.89. The van der Waals surface area contributed by atoms with E-state index in [2.05, 4.69) is 79.6 Å². The molecule has 0 spiro atoms. The Kier molecular flexibility index (Phi) is 10.2. The van der Waals surface area contributed by atoms with Gasteiger partial charge in [0.1, 0.15) is 6.10 Å². The molecule has 0 N–H and O–H groups in total. The van der Waals surface area contributed by atoms with Gasteiger partial charge >= 0.3 is 0 Å². The zero-order valence-electron chi connectivity index (χ0n) is 21.3. The Labute approximate surface area is 192 Å². The predicted octanol–water partition coefficient (Wildman–Crippen LogP) is 6.96. The largest absolute Gasteiger partial charge is 0.408 e. The number of halogens is 1. The highest BCUT2D eigenvalue weighted by molar-refractivity contribution is 6.74. The van der Waals surface area contributed by atoms with Crippen molar-refractivity contribution in [2.45, 2.75) is 96.7 Å². The first-order chi connectivity index (χ1) is 14.1. The minimum Gasteiger partial charge on any atom is -0.408 e. The van der Waals surface area contributed by atoms with Crippen LogP contribution in [0.5, 0.6) is 0 Å². The SMILES string of the molecule is CC(C)(C)[Si](C)(C)OCC#C[C@@H](F)[C@H](COCc1ccccc1)O[Si](C)(C)C(C)(C)C. The summed E-state index contributed by atoms with van der Waals surface area (Å²) in [4.78, 5) is 0. The van der Waals surface area contributed by atoms with Crippen LogP contribution in [0.1, 0.15) is 47.1 Å². The second-order valence-corrected chi connectivity index (χ2v) is 20.8. The van der Waals surface area contributed by atoms with Crippen molar-refractivity contribution in [1.82, 2.24) is 0 Å². The Balaban J connectivity index is 2.82. The van der Waals surface area contributed by atoms with Crippen LogP contribution in [0.25, 0.3) is 0 Å². The van der Waals surface area contributed by atoms with Gasteiger partial charge < -0.3 is 13.6 Å². The fourth-order valence-corrected chi connectivity index (χ4v) is 4.43. The van der Waals surface area contributed by atoms with E-state index in [-0.39, 0.29) is 23.3 Å². The average Bonchev–Trinajstić information content (AvgIpc) is 2.63. The molecule has 0 unspecified atom stereocenters. The topological polar surface area (TPSA) is 27.7 Å². The second-order valence-electron chi connectivity index (χ2n) is 11.2. The molecule has 2 atom stereocenters. The number of hydrogen-bond acceptors (Lipinski definition) is 3. The molecular weight excluding hydrogens is 423 g/mol. The molecule has 6 heteroatoms. The first-order valence-corrected chi connectivity index (χ1v) is 16.9. The highest BCUT2D eigenvalue weighted by Gasteiger charge is 2.41. The summed E-state index contributed by atoms with van der Waals surface area (Å²) >= 11 is 0. The Morgan fingerprint density at radius 1 is 0.903 bits per heavy atom. The first kappa shape index (κ1) is 28.1. The van der Waals surface area contributed by atoms with E-state index in [1.54, 1.807) is 0 Å². The van der Waals surface area contributed by atoms with E-state index < -0.39 is 28.9 Å². The number of ether oxygens (including phenoxy) is 1. The molecule has 0 amide bonds. The monoisotopic (exact) mass is 466 g/mol. The fourth-order valence-electron chi connectivity index (χ4n) is 2.27. The smallest absolute Gasteiger partial charge is 0.193 e. The Morgan fingerprint density at radius 3 is 1.97 bits per heavy atom. The van der Waals surface area contributed by atoms with Gasteiger partial charge in [0.15, 0.2) is 22.8 Å². The van der Waals surface area contributed by atoms with Crippen molar-refractivity contribution in [2.24, 2.45) is 0 Å². The third-order valence-corrected chi connectivity index (χ3v) is 15.5. The Morgan fingerprint density at radius 2 is 1.45 bits per heavy atom. The molecule has 3 nitrogen and oxygen atoms in total. The van der Waals surface area contributed by atoms with Crippen LogP contribution in [-0.4, -0.2) is 42.1 Å². The van der Waals surface area contributed by atoms with Crippen LogP contribution in [0, 0.1) is 11.8 Å². The molecule has 0 radical (unpaired) electrons. The van der Waals surface area contributed by atoms with E-state index in [9.17, 15) is 0 Å². The lowest BCUT2D eigenvalue weighted by Crippen LogP contribution is -2.47. The van der Waals surface area contributed by atoms with Gasteiger partial charge in [-0.3, -0.25) is 0 Å². The molecule has 1 aromatic rings. The maximum atomic E-state index is 15.2. The highest BCUT2D eigenvalue weighted by Crippen LogP contribution is 2.38. The number of benzene rings is 1. The lowest BCUT2D eigenvalue weighted by molar-refractivity contribution is 0.00839. The minimum atomic E-state index is -2.17. The van der Waals surface area contributed by atoms with Crippen molar-refractivity contribution >= 4 is 16.6 Å². The van der Waals surface area contributed by atoms with Gasteiger partial charge in [0.25, 0.3) is 0 Å². The predicted molar refractivity (Wildman–Crippen MR) is 134 cm³/mol. The van der Waals surface area contributed by atoms with Crippen LogP contribution in [-0.2, 0) is 20.2 Å². The van der Waals surface area contributed by atoms with Crippen molar-refractivity contribution < 1.29 is 18.0 Å². The van der Waals surface area contributed by atoms with Crippen LogP contribution in [0.15, 0.2) is 30.3 Å². The first-order valence-electron chi connectivity index (χ1n) is 11.1. The Hall–Kier alpha value is -0.976. The van der Waals surface area contributed by atoms with Gasteiger partial charge in [-0.1, -0.05) is 83.7 Å². The normalized spacial score (nSPS) is 15.2. The minimum absolute atomic E-state index is 0.0245. The molecule has 1 rings (SSSR count). The van der Waals surface area contributed by atoms with E-state index in [0.29, 0.717) is 6.61 Å². The standard InChI is InChI=1S/C25H43FO3Si2/c1-24(2,3)30(7,8)28-18-14-17-22(26)23(29-31(9,10)25(4,5)6)20-27-19-21-15-12-11-13-16-21/h11-13,15-16,22-23H,18-20H2,1-10H3/t22-,23+/m1/s1. The van der Waals surface area contributed by atoms with Gasteiger partial charge in [0, 0.05) is 0 Å². The molecule has 176 valence electrons. The van der Waals surface area contributed by atoms with Crippen LogP contribution in [0.2, 0.25) is 36.3 Å². The molecule has 0 saturated heterocycles. The molecule has 0 heterocycles. The number of alkyl halides is 1. The zero-order valence-corrected chi connectivity index (χ0v) is 23.3. The summed E-state index contributed by atoms with van der Waals surface area (Å²) in [6.07, 6.45) is -2.14. The molecule has 0 saturated carbocycles. The fraction of sp³-hybridized carbons (Fsp3) is 0.680. The average molecular weight is 467 g/mol. The molecule has 0 aliphatic carbocycles. The summed E-state index contributed by atoms with van der Waals surface area (Å²) in [5, 5.41) is 0.0757. The van der Waals surface area contributed by atoms with Crippen molar-refractivity contribution in [2.75, 3.05) is 13.2 Å². The summed E-state index contributed by atoms with van der Waals surface area (Å²) < 4.78 is 33.4. The van der Waals surface area contributed by atoms with E-state index >= 15 is 4.39 Å². The Bertz CT molecular complexity index is 725. The van der Waals surface area contributed by atoms with Gasteiger partial charge in [-0.2, -0.15) is 0 Å². The van der Waals surface area contributed by atoms with Crippen LogP contribution >= 0.6 is 0 Å². The maximum absolute atomic E-state index is 15.2. The van der Waals surface area contributed by atoms with E-state index in [0.717, 1.165) is 5.56 Å². The summed E-state index contributed by atoms with van der Waals surface area (Å²) in [5.41, 5.74) is 1.05. The molecule has 0 aromatic heterocycles. The highest BCUT2D eigenvalue weighted by atomic mass is 28.4. The lowest BCUT2D eigenvalue weighted by atomic mass is 10.2. The van der Waals surface area contributed by atoms with Gasteiger partial charge in [0.2, 0.25) is 0 Å². The molecule has 0 aliphatic heterocycles. The van der Waals surface area contributed by atoms with E-state index in [1.165, 1.54) is 0 Å². The second kappa shape index (κ2) is 11.2. The van der Waals surface area contributed by atoms with Crippen LogP contribution < -0.4 is 0 Å². The van der Waals surface area contributed by atoms with Crippen molar-refractivity contribution in [3.63, 3.8) is 0 Å². The number of hydrogen-bond donors (Lipinski definition) is 0. The third kappa shape index (κ3) is 9.19. The zero-order chi connectivity index (χ0) is 23.9. The lowest BCUT2D eigenvalue weighted by Gasteiger charge is -2.39. The van der Waals surface area contributed by atoms with Crippen molar-refractivity contribution in [3.8, 4) is 11.8 Å². The molecule has 1 aromatic carbocycles. The van der Waals surface area contributed by atoms with Gasteiger partial charge in [-0.15, -0.1) is 0 Å². The van der Waals surface area contributed by atoms with Gasteiger partial charge in [-0.05, 0) is 41.8 Å². The molecule has 0 fully saturated rings. The van der Waals surface area contributed by atoms with Gasteiger partial charge in [0.05, 0.1) is 19.8 Å². The molecule has 0 bridgehead atoms. The van der Waals surface area contributed by atoms with Crippen molar-refractivity contribution in [3.05, 3.63) is 35.9 Å². The maximum Gasteiger partial charge on any atom is 0.193 e. The van der Waals surface area contributed by atoms with Crippen LogP contribution in [0.4, 0.5) is 4.39 Å². The van der Waals surface area contributed by atoms with E-state index in [1.807, 2.05) is 30.3 Å². The van der Waals surface area contributed by atoms with Crippen molar-refractivity contribution in [1.29, 1.82) is 0 Å². The van der Waals surface area contributed by atoms with Gasteiger partial charge in [-0.25, -0.2) is 4.39 Å².